The van der Waals surface area contributed by atoms with Gasteiger partial charge in [0, 0.05) is 22.3 Å². The van der Waals surface area contributed by atoms with Gasteiger partial charge in [-0.15, -0.1) is 0 Å². The molecule has 43 heavy (non-hydrogen) atoms. The van der Waals surface area contributed by atoms with Gasteiger partial charge in [-0.1, -0.05) is 78.0 Å². The first-order valence-electron chi connectivity index (χ1n) is 13.9. The molecule has 10 heteroatoms. The van der Waals surface area contributed by atoms with Crippen LogP contribution in [0.1, 0.15) is 89.3 Å². The second kappa shape index (κ2) is 10.2. The van der Waals surface area contributed by atoms with Crippen molar-refractivity contribution >= 4 is 45.0 Å². The van der Waals surface area contributed by atoms with Crippen LogP contribution in [0, 0.1) is 5.92 Å². The summed E-state index contributed by atoms with van der Waals surface area (Å²) in [7, 11) is -4.74. The summed E-state index contributed by atoms with van der Waals surface area (Å²) in [5.74, 6) is -2.80. The molecule has 0 fully saturated rings. The lowest BCUT2D eigenvalue weighted by Gasteiger charge is -2.29. The molecule has 1 aliphatic carbocycles. The summed E-state index contributed by atoms with van der Waals surface area (Å²) in [6, 6.07) is 11.6. The van der Waals surface area contributed by atoms with Crippen molar-refractivity contribution in [2.75, 3.05) is 10.6 Å². The van der Waals surface area contributed by atoms with Gasteiger partial charge in [0.15, 0.2) is 11.6 Å². The van der Waals surface area contributed by atoms with Gasteiger partial charge < -0.3 is 15.7 Å². The molecule has 3 aromatic carbocycles. The van der Waals surface area contributed by atoms with Crippen molar-refractivity contribution in [2.24, 2.45) is 5.92 Å². The monoisotopic (exact) mass is 602 g/mol. The smallest absolute Gasteiger partial charge is 0.295 e. The summed E-state index contributed by atoms with van der Waals surface area (Å²) in [6.07, 6.45) is 3.38. The molecule has 4 N–H and O–H groups in total. The van der Waals surface area contributed by atoms with Crippen molar-refractivity contribution in [2.45, 2.75) is 63.3 Å². The van der Waals surface area contributed by atoms with Gasteiger partial charge in [-0.3, -0.25) is 18.9 Å². The molecular weight excluding hydrogens is 568 g/mol. The molecule has 0 aromatic heterocycles. The quantitative estimate of drug-likeness (QED) is 0.210. The predicted octanol–water partition coefficient (Wildman–Crippen LogP) is 5.99. The standard InChI is InChI=1S/C33H34N2O7S/c1-32(2,3)20-15-18(16-21(29(20)37)33(4,5)6)31(39)35-23-11-7-9-17-13-14-22(34-27(17)23)26-28(36)19-10-8-12-24(43(40,41)42)25(19)30(26)38/h7-16,22,26,34,37H,1-6H3,(H,35,39)(H,40,41,42). The number of nitrogens with one attached hydrogen (secondary N) is 2. The van der Waals surface area contributed by atoms with Crippen LogP contribution in [0.4, 0.5) is 11.4 Å². The Kier molecular flexibility index (Phi) is 7.14. The molecule has 0 saturated heterocycles. The zero-order chi connectivity index (χ0) is 31.6. The van der Waals surface area contributed by atoms with Crippen molar-refractivity contribution in [3.8, 4) is 5.75 Å². The third-order valence-corrected chi connectivity index (χ3v) is 8.76. The summed E-state index contributed by atoms with van der Waals surface area (Å²) in [6.45, 7) is 11.8. The molecule has 9 nitrogen and oxygen atoms in total. The topological polar surface area (TPSA) is 150 Å². The zero-order valence-electron chi connectivity index (χ0n) is 24.8. The van der Waals surface area contributed by atoms with Gasteiger partial charge in [-0.25, -0.2) is 0 Å². The number of rotatable bonds is 4. The molecule has 0 spiro atoms. The van der Waals surface area contributed by atoms with Gasteiger partial charge in [-0.05, 0) is 40.7 Å². The van der Waals surface area contributed by atoms with Gasteiger partial charge in [0.1, 0.15) is 16.6 Å². The average Bonchev–Trinajstić information content (AvgIpc) is 3.16. The largest absolute Gasteiger partial charge is 0.507 e. The van der Waals surface area contributed by atoms with E-state index in [1.165, 1.54) is 12.1 Å². The van der Waals surface area contributed by atoms with Gasteiger partial charge in [0.2, 0.25) is 0 Å². The number of hydrogen-bond acceptors (Lipinski definition) is 7. The molecule has 1 heterocycles. The molecule has 5 rings (SSSR count). The number of carbonyl (C=O) groups is 3. The fraction of sp³-hybridized carbons (Fsp3) is 0.303. The normalized spacial score (nSPS) is 18.2. The number of aromatic hydroxyl groups is 1. The Bertz CT molecular complexity index is 1810. The summed E-state index contributed by atoms with van der Waals surface area (Å²) in [4.78, 5) is 39.8. The fourth-order valence-electron chi connectivity index (χ4n) is 5.67. The maximum absolute atomic E-state index is 13.7. The van der Waals surface area contributed by atoms with Crippen molar-refractivity contribution in [1.29, 1.82) is 0 Å². The van der Waals surface area contributed by atoms with Crippen molar-refractivity contribution < 1.29 is 32.5 Å². The van der Waals surface area contributed by atoms with E-state index < -0.39 is 55.3 Å². The Morgan fingerprint density at radius 3 is 2.09 bits per heavy atom. The molecule has 2 atom stereocenters. The van der Waals surface area contributed by atoms with Gasteiger partial charge >= 0.3 is 0 Å². The maximum atomic E-state index is 13.7. The minimum Gasteiger partial charge on any atom is -0.507 e. The molecule has 2 aliphatic rings. The Hall–Kier alpha value is -4.28. The number of carbonyl (C=O) groups excluding carboxylic acids is 3. The number of phenols is 1. The van der Waals surface area contributed by atoms with Gasteiger partial charge in [0.25, 0.3) is 16.0 Å². The lowest BCUT2D eigenvalue weighted by molar-refractivity contribution is 0.0831. The van der Waals surface area contributed by atoms with Crippen LogP contribution in [0.15, 0.2) is 59.5 Å². The van der Waals surface area contributed by atoms with E-state index in [0.29, 0.717) is 33.6 Å². The molecule has 3 aromatic rings. The van der Waals surface area contributed by atoms with Crippen LogP contribution in [0.3, 0.4) is 0 Å². The second-order valence-electron chi connectivity index (χ2n) is 13.0. The molecule has 224 valence electrons. The number of benzene rings is 3. The van der Waals surface area contributed by atoms with Crippen molar-refractivity contribution in [3.63, 3.8) is 0 Å². The number of para-hydroxylation sites is 1. The van der Waals surface area contributed by atoms with Crippen molar-refractivity contribution in [3.05, 3.63) is 88.0 Å². The fourth-order valence-corrected chi connectivity index (χ4v) is 6.39. The molecule has 0 radical (unpaired) electrons. The number of anilines is 2. The Morgan fingerprint density at radius 2 is 1.51 bits per heavy atom. The SMILES string of the molecule is CC(C)(C)c1cc(C(=O)Nc2cccc3c2NC(C2C(=O)c4cccc(S(=O)(=O)O)c4C2=O)C=C3)cc(C(C)(C)C)c1O. The van der Waals surface area contributed by atoms with Crippen LogP contribution in [-0.4, -0.2) is 41.6 Å². The van der Waals surface area contributed by atoms with Crippen LogP contribution in [0.25, 0.3) is 6.08 Å². The van der Waals surface area contributed by atoms with E-state index in [4.69, 9.17) is 0 Å². The van der Waals surface area contributed by atoms with E-state index in [2.05, 4.69) is 10.6 Å². The van der Waals surface area contributed by atoms with Crippen molar-refractivity contribution in [1.82, 2.24) is 0 Å². The Morgan fingerprint density at radius 1 is 0.907 bits per heavy atom. The van der Waals surface area contributed by atoms with E-state index in [1.54, 1.807) is 36.4 Å². The zero-order valence-corrected chi connectivity index (χ0v) is 25.6. The highest BCUT2D eigenvalue weighted by molar-refractivity contribution is 7.86. The van der Waals surface area contributed by atoms with E-state index in [1.807, 2.05) is 47.6 Å². The second-order valence-corrected chi connectivity index (χ2v) is 14.4. The summed E-state index contributed by atoms with van der Waals surface area (Å²) < 4.78 is 33.5. The van der Waals surface area contributed by atoms with E-state index in [0.717, 1.165) is 6.07 Å². The van der Waals surface area contributed by atoms with Gasteiger partial charge in [0.05, 0.1) is 23.0 Å². The highest BCUT2D eigenvalue weighted by atomic mass is 32.2. The highest BCUT2D eigenvalue weighted by Gasteiger charge is 2.46. The maximum Gasteiger partial charge on any atom is 0.295 e. The molecule has 1 aliphatic heterocycles. The van der Waals surface area contributed by atoms with Crippen LogP contribution in [0.2, 0.25) is 0 Å². The van der Waals surface area contributed by atoms with Crippen LogP contribution in [-0.2, 0) is 20.9 Å². The third-order valence-electron chi connectivity index (χ3n) is 7.87. The lowest BCUT2D eigenvalue weighted by Crippen LogP contribution is -2.36. The van der Waals surface area contributed by atoms with Gasteiger partial charge in [-0.2, -0.15) is 8.42 Å². The molecular formula is C33H34N2O7S. The number of Topliss-reactive ketones (excluding diaryl/α,β-unsaturated/α-hetero) is 2. The summed E-state index contributed by atoms with van der Waals surface area (Å²) >= 11 is 0. The first-order chi connectivity index (χ1) is 19.9. The molecule has 0 saturated carbocycles. The average molecular weight is 603 g/mol. The molecule has 2 unspecified atom stereocenters. The minimum absolute atomic E-state index is 0.0654. The van der Waals surface area contributed by atoms with E-state index in [-0.39, 0.29) is 16.9 Å². The molecule has 0 bridgehead atoms. The highest BCUT2D eigenvalue weighted by Crippen LogP contribution is 2.41. The predicted molar refractivity (Wildman–Crippen MR) is 165 cm³/mol. The lowest BCUT2D eigenvalue weighted by atomic mass is 9.78. The number of ketones is 2. The van der Waals surface area contributed by atoms with E-state index in [9.17, 15) is 32.5 Å². The van der Waals surface area contributed by atoms with E-state index >= 15 is 0 Å². The number of amides is 1. The first kappa shape index (κ1) is 30.2. The summed E-state index contributed by atoms with van der Waals surface area (Å²) in [5, 5.41) is 17.2. The first-order valence-corrected chi connectivity index (χ1v) is 15.3. The third kappa shape index (κ3) is 5.36. The Balaban J connectivity index is 1.48. The molecule has 1 amide bonds. The number of hydrogen-bond donors (Lipinski definition) is 4. The minimum atomic E-state index is -4.74. The number of phenolic OH excluding ortho intramolecular Hbond substituents is 1. The van der Waals surface area contributed by atoms with Crippen LogP contribution < -0.4 is 10.6 Å². The van der Waals surface area contributed by atoms with Crippen LogP contribution >= 0.6 is 0 Å². The summed E-state index contributed by atoms with van der Waals surface area (Å²) in [5.41, 5.74) is 2.00. The number of fused-ring (bicyclic) bond motifs is 2. The Labute approximate surface area is 250 Å². The van der Waals surface area contributed by atoms with Crippen LogP contribution in [0.5, 0.6) is 5.75 Å².